The summed E-state index contributed by atoms with van der Waals surface area (Å²) in [5.41, 5.74) is 2.57. The van der Waals surface area contributed by atoms with Gasteiger partial charge in [-0.15, -0.1) is 0 Å². The maximum absolute atomic E-state index is 10.7. The van der Waals surface area contributed by atoms with E-state index in [1.807, 2.05) is 0 Å². The van der Waals surface area contributed by atoms with Gasteiger partial charge >= 0.3 is 0 Å². The first kappa shape index (κ1) is 12.9. The van der Waals surface area contributed by atoms with Crippen molar-refractivity contribution in [3.63, 3.8) is 0 Å². The molecule has 2 bridgehead atoms. The number of unbranched alkanes of at least 4 members (excludes halogenated alkanes) is 1. The smallest absolute Gasteiger partial charge is 0.0823 e. The number of rotatable bonds is 5. The van der Waals surface area contributed by atoms with Crippen molar-refractivity contribution in [3.8, 4) is 0 Å². The number of aliphatic hydroxyl groups is 1. The highest BCUT2D eigenvalue weighted by molar-refractivity contribution is 5.28. The fourth-order valence-corrected chi connectivity index (χ4v) is 5.30. The minimum atomic E-state index is -0.200. The van der Waals surface area contributed by atoms with E-state index in [0.717, 1.165) is 29.2 Å². The van der Waals surface area contributed by atoms with Crippen LogP contribution >= 0.6 is 0 Å². The molecule has 1 heteroatoms. The van der Waals surface area contributed by atoms with Crippen molar-refractivity contribution in [3.05, 3.63) is 35.4 Å². The summed E-state index contributed by atoms with van der Waals surface area (Å²) in [4.78, 5) is 0. The van der Waals surface area contributed by atoms with Crippen LogP contribution in [0.3, 0.4) is 0 Å². The summed E-state index contributed by atoms with van der Waals surface area (Å²) >= 11 is 0. The van der Waals surface area contributed by atoms with Gasteiger partial charge in [0.1, 0.15) is 0 Å². The molecule has 3 fully saturated rings. The van der Waals surface area contributed by atoms with Crippen LogP contribution in [0.1, 0.15) is 56.3 Å². The number of benzene rings is 1. The van der Waals surface area contributed by atoms with Gasteiger partial charge in [0.25, 0.3) is 0 Å². The minimum Gasteiger partial charge on any atom is -0.388 e. The highest BCUT2D eigenvalue weighted by Gasteiger charge is 2.66. The Bertz CT molecular complexity index is 461. The van der Waals surface area contributed by atoms with Gasteiger partial charge in [-0.3, -0.25) is 0 Å². The second-order valence-electron chi connectivity index (χ2n) is 7.36. The van der Waals surface area contributed by atoms with E-state index in [-0.39, 0.29) is 6.10 Å². The number of hydrogen-bond donors (Lipinski definition) is 1. The van der Waals surface area contributed by atoms with E-state index < -0.39 is 0 Å². The van der Waals surface area contributed by atoms with Crippen LogP contribution in [0.2, 0.25) is 0 Å². The first-order chi connectivity index (χ1) is 9.79. The zero-order chi connectivity index (χ0) is 13.7. The molecule has 0 radical (unpaired) electrons. The summed E-state index contributed by atoms with van der Waals surface area (Å²) in [5.74, 6) is 4.22. The van der Waals surface area contributed by atoms with Crippen LogP contribution in [-0.4, -0.2) is 5.11 Å². The van der Waals surface area contributed by atoms with E-state index in [1.54, 1.807) is 0 Å². The van der Waals surface area contributed by atoms with E-state index in [9.17, 15) is 5.11 Å². The Morgan fingerprint density at radius 2 is 1.75 bits per heavy atom. The summed E-state index contributed by atoms with van der Waals surface area (Å²) in [6.45, 7) is 2.23. The third-order valence-corrected chi connectivity index (χ3v) is 6.30. The van der Waals surface area contributed by atoms with Crippen molar-refractivity contribution in [2.24, 2.45) is 29.6 Å². The Hall–Kier alpha value is -0.820. The number of aryl methyl sites for hydroxylation is 1. The second-order valence-corrected chi connectivity index (χ2v) is 7.36. The van der Waals surface area contributed by atoms with Crippen LogP contribution in [0.15, 0.2) is 24.3 Å². The SMILES string of the molecule is CCCCc1ccc(C(O)C2C3C4CCC(C4)C32)cc1. The average Bonchev–Trinajstić information content (AvgIpc) is 2.92. The van der Waals surface area contributed by atoms with Gasteiger partial charge in [-0.1, -0.05) is 37.6 Å². The lowest BCUT2D eigenvalue weighted by atomic mass is 9.94. The van der Waals surface area contributed by atoms with Crippen LogP contribution in [0.25, 0.3) is 0 Å². The quantitative estimate of drug-likeness (QED) is 0.843. The molecule has 0 amide bonds. The second kappa shape index (κ2) is 4.87. The van der Waals surface area contributed by atoms with Gasteiger partial charge in [-0.2, -0.15) is 0 Å². The summed E-state index contributed by atoms with van der Waals surface area (Å²) < 4.78 is 0. The van der Waals surface area contributed by atoms with E-state index in [2.05, 4.69) is 31.2 Å². The largest absolute Gasteiger partial charge is 0.388 e. The topological polar surface area (TPSA) is 20.2 Å². The maximum atomic E-state index is 10.7. The Kier molecular flexibility index (Phi) is 3.14. The molecule has 0 spiro atoms. The van der Waals surface area contributed by atoms with Gasteiger partial charge in [0.15, 0.2) is 0 Å². The Balaban J connectivity index is 1.43. The molecule has 108 valence electrons. The lowest BCUT2D eigenvalue weighted by Gasteiger charge is -2.16. The standard InChI is InChI=1S/C19H26O/c1-2-3-4-12-5-7-13(8-6-12)19(20)18-16-14-9-10-15(11-14)17(16)18/h5-8,14-20H,2-4,9-11H2,1H3. The van der Waals surface area contributed by atoms with Crippen molar-refractivity contribution < 1.29 is 5.11 Å². The lowest BCUT2D eigenvalue weighted by Crippen LogP contribution is -2.08. The van der Waals surface area contributed by atoms with Gasteiger partial charge in [0, 0.05) is 0 Å². The molecule has 4 rings (SSSR count). The number of hydrogen-bond acceptors (Lipinski definition) is 1. The summed E-state index contributed by atoms with van der Waals surface area (Å²) in [6.07, 6.45) is 7.82. The van der Waals surface area contributed by atoms with Gasteiger partial charge in [0.2, 0.25) is 0 Å². The first-order valence-corrected chi connectivity index (χ1v) is 8.56. The molecule has 0 saturated heterocycles. The molecule has 20 heavy (non-hydrogen) atoms. The van der Waals surface area contributed by atoms with Crippen LogP contribution in [0.4, 0.5) is 0 Å². The van der Waals surface area contributed by atoms with E-state index in [4.69, 9.17) is 0 Å². The van der Waals surface area contributed by atoms with Crippen LogP contribution in [0.5, 0.6) is 0 Å². The van der Waals surface area contributed by atoms with Crippen molar-refractivity contribution >= 4 is 0 Å². The fourth-order valence-electron chi connectivity index (χ4n) is 5.30. The Morgan fingerprint density at radius 3 is 2.35 bits per heavy atom. The first-order valence-electron chi connectivity index (χ1n) is 8.56. The predicted octanol–water partition coefficient (Wildman–Crippen LogP) is 4.35. The Morgan fingerprint density at radius 1 is 1.10 bits per heavy atom. The molecule has 1 aromatic rings. The zero-order valence-corrected chi connectivity index (χ0v) is 12.5. The van der Waals surface area contributed by atoms with E-state index in [0.29, 0.717) is 5.92 Å². The van der Waals surface area contributed by atoms with Crippen LogP contribution in [-0.2, 0) is 6.42 Å². The minimum absolute atomic E-state index is 0.200. The third-order valence-electron chi connectivity index (χ3n) is 6.30. The number of fused-ring (bicyclic) bond motifs is 5. The highest BCUT2D eigenvalue weighted by Crippen LogP contribution is 2.72. The summed E-state index contributed by atoms with van der Waals surface area (Å²) in [7, 11) is 0. The van der Waals surface area contributed by atoms with Crippen LogP contribution < -0.4 is 0 Å². The van der Waals surface area contributed by atoms with Crippen molar-refractivity contribution in [1.82, 2.24) is 0 Å². The normalized spacial score (nSPS) is 38.8. The monoisotopic (exact) mass is 270 g/mol. The summed E-state index contributed by atoms with van der Waals surface area (Å²) in [5, 5.41) is 10.7. The fraction of sp³-hybridized carbons (Fsp3) is 0.684. The van der Waals surface area contributed by atoms with Gasteiger partial charge in [-0.25, -0.2) is 0 Å². The molecule has 3 aliphatic rings. The predicted molar refractivity (Wildman–Crippen MR) is 81.3 cm³/mol. The highest BCUT2D eigenvalue weighted by atomic mass is 16.3. The van der Waals surface area contributed by atoms with E-state index in [1.165, 1.54) is 44.1 Å². The molecule has 5 atom stereocenters. The van der Waals surface area contributed by atoms with E-state index >= 15 is 0 Å². The summed E-state index contributed by atoms with van der Waals surface area (Å²) in [6, 6.07) is 8.79. The van der Waals surface area contributed by atoms with Crippen molar-refractivity contribution in [1.29, 1.82) is 0 Å². The molecular weight excluding hydrogens is 244 g/mol. The molecule has 0 heterocycles. The van der Waals surface area contributed by atoms with Crippen molar-refractivity contribution in [2.45, 2.75) is 51.6 Å². The zero-order valence-electron chi connectivity index (χ0n) is 12.5. The van der Waals surface area contributed by atoms with Gasteiger partial charge < -0.3 is 5.11 Å². The molecule has 3 saturated carbocycles. The average molecular weight is 270 g/mol. The van der Waals surface area contributed by atoms with Gasteiger partial charge in [0.05, 0.1) is 6.10 Å². The molecule has 1 N–H and O–H groups in total. The lowest BCUT2D eigenvalue weighted by molar-refractivity contribution is 0.130. The molecule has 1 aromatic carbocycles. The maximum Gasteiger partial charge on any atom is 0.0823 e. The van der Waals surface area contributed by atoms with Gasteiger partial charge in [-0.05, 0) is 72.8 Å². The molecule has 0 aromatic heterocycles. The molecule has 0 aliphatic heterocycles. The Labute approximate surface area is 122 Å². The molecule has 5 unspecified atom stereocenters. The van der Waals surface area contributed by atoms with Crippen LogP contribution in [0, 0.1) is 29.6 Å². The third kappa shape index (κ3) is 1.94. The molecule has 1 nitrogen and oxygen atoms in total. The molecule has 3 aliphatic carbocycles. The molecular formula is C19H26O. The number of aliphatic hydroxyl groups excluding tert-OH is 1. The van der Waals surface area contributed by atoms with Crippen molar-refractivity contribution in [2.75, 3.05) is 0 Å².